The van der Waals surface area contributed by atoms with Crippen LogP contribution in [0.5, 0.6) is 0 Å². The fourth-order valence-corrected chi connectivity index (χ4v) is 2.13. The molecule has 1 N–H and O–H groups in total. The van der Waals surface area contributed by atoms with Crippen LogP contribution in [0.3, 0.4) is 0 Å². The number of nitrogens with zero attached hydrogens (tertiary/aromatic N) is 2. The van der Waals surface area contributed by atoms with Crippen molar-refractivity contribution in [1.29, 1.82) is 0 Å². The van der Waals surface area contributed by atoms with E-state index in [0.717, 1.165) is 22.9 Å². The zero-order valence-electron chi connectivity index (χ0n) is 12.7. The number of aryl methyl sites for hydroxylation is 1. The first-order valence-corrected chi connectivity index (χ1v) is 7.28. The van der Waals surface area contributed by atoms with E-state index < -0.39 is 0 Å². The molecule has 1 amide bonds. The number of carbonyl (C=O) groups excluding carboxylic acids is 2. The van der Waals surface area contributed by atoms with Gasteiger partial charge in [-0.2, -0.15) is 5.10 Å². The van der Waals surface area contributed by atoms with Crippen LogP contribution in [0.2, 0.25) is 0 Å². The second-order valence-corrected chi connectivity index (χ2v) is 5.39. The summed E-state index contributed by atoms with van der Waals surface area (Å²) in [6.45, 7) is 5.95. The average molecular weight is 287 g/mol. The van der Waals surface area contributed by atoms with Gasteiger partial charge in [0, 0.05) is 24.3 Å². The molecule has 2 aromatic rings. The number of aromatic nitrogens is 2. The molecule has 2 rings (SSSR count). The minimum absolute atomic E-state index is 0.0926. The average Bonchev–Trinajstić information content (AvgIpc) is 2.87. The van der Waals surface area contributed by atoms with Crippen LogP contribution in [0.1, 0.15) is 43.5 Å². The molecule has 1 atom stereocenters. The number of nitrogens with one attached hydrogen (secondary N) is 1. The maximum Gasteiger partial charge on any atom is 0.247 e. The SMILES string of the molecule is CCC(C)NC(=O)CCC(=O)n1ncc2cc(C)ccc21. The van der Waals surface area contributed by atoms with Crippen molar-refractivity contribution in [3.8, 4) is 0 Å². The second-order valence-electron chi connectivity index (χ2n) is 5.39. The van der Waals surface area contributed by atoms with Crippen LogP contribution in [-0.2, 0) is 4.79 Å². The van der Waals surface area contributed by atoms with Crippen LogP contribution in [0.4, 0.5) is 0 Å². The first-order valence-electron chi connectivity index (χ1n) is 7.28. The Morgan fingerprint density at radius 2 is 2.10 bits per heavy atom. The van der Waals surface area contributed by atoms with Gasteiger partial charge in [-0.25, -0.2) is 4.68 Å². The van der Waals surface area contributed by atoms with Gasteiger partial charge in [0.2, 0.25) is 11.8 Å². The maximum atomic E-state index is 12.2. The zero-order chi connectivity index (χ0) is 15.4. The van der Waals surface area contributed by atoms with E-state index in [-0.39, 0.29) is 30.7 Å². The predicted octanol–water partition coefficient (Wildman–Crippen LogP) is 2.68. The predicted molar refractivity (Wildman–Crippen MR) is 82.2 cm³/mol. The minimum Gasteiger partial charge on any atom is -0.354 e. The number of carbonyl (C=O) groups is 2. The van der Waals surface area contributed by atoms with Gasteiger partial charge in [-0.1, -0.05) is 18.6 Å². The molecule has 0 aliphatic carbocycles. The van der Waals surface area contributed by atoms with E-state index in [2.05, 4.69) is 10.4 Å². The molecule has 0 fully saturated rings. The highest BCUT2D eigenvalue weighted by Crippen LogP contribution is 2.15. The number of amides is 1. The van der Waals surface area contributed by atoms with Crippen molar-refractivity contribution in [2.45, 2.75) is 46.1 Å². The lowest BCUT2D eigenvalue weighted by molar-refractivity contribution is -0.121. The minimum atomic E-state index is -0.159. The van der Waals surface area contributed by atoms with Crippen LogP contribution in [0, 0.1) is 6.92 Å². The third-order valence-electron chi connectivity index (χ3n) is 3.55. The summed E-state index contributed by atoms with van der Waals surface area (Å²) in [5.74, 6) is -0.252. The third-order valence-corrected chi connectivity index (χ3v) is 3.55. The molecule has 1 heterocycles. The van der Waals surface area contributed by atoms with Crippen molar-refractivity contribution in [3.05, 3.63) is 30.0 Å². The Hall–Kier alpha value is -2.17. The Morgan fingerprint density at radius 3 is 2.81 bits per heavy atom. The highest BCUT2D eigenvalue weighted by Gasteiger charge is 2.13. The van der Waals surface area contributed by atoms with Crippen LogP contribution in [-0.4, -0.2) is 27.6 Å². The lowest BCUT2D eigenvalue weighted by atomic mass is 10.2. The lowest BCUT2D eigenvalue weighted by Gasteiger charge is -2.10. The molecule has 21 heavy (non-hydrogen) atoms. The Kier molecular flexibility index (Phi) is 4.73. The molecule has 0 aliphatic heterocycles. The van der Waals surface area contributed by atoms with E-state index in [1.54, 1.807) is 6.20 Å². The molecule has 1 aromatic carbocycles. The molecule has 1 aromatic heterocycles. The van der Waals surface area contributed by atoms with Gasteiger partial charge < -0.3 is 5.32 Å². The van der Waals surface area contributed by atoms with Crippen molar-refractivity contribution in [2.75, 3.05) is 0 Å². The van der Waals surface area contributed by atoms with Crippen LogP contribution in [0.15, 0.2) is 24.4 Å². The van der Waals surface area contributed by atoms with Crippen LogP contribution < -0.4 is 5.32 Å². The Bertz CT molecular complexity index is 661. The molecule has 5 nitrogen and oxygen atoms in total. The molecular formula is C16H21N3O2. The summed E-state index contributed by atoms with van der Waals surface area (Å²) in [7, 11) is 0. The van der Waals surface area contributed by atoms with E-state index in [1.165, 1.54) is 4.68 Å². The van der Waals surface area contributed by atoms with Gasteiger partial charge in [0.25, 0.3) is 0 Å². The Balaban J connectivity index is 2.01. The Labute approximate surface area is 124 Å². The van der Waals surface area contributed by atoms with E-state index in [9.17, 15) is 9.59 Å². The number of hydrogen-bond donors (Lipinski definition) is 1. The van der Waals surface area contributed by atoms with Gasteiger partial charge in [-0.05, 0) is 32.4 Å². The van der Waals surface area contributed by atoms with Crippen LogP contribution >= 0.6 is 0 Å². The highest BCUT2D eigenvalue weighted by atomic mass is 16.2. The normalized spacial score (nSPS) is 12.3. The van der Waals surface area contributed by atoms with E-state index in [1.807, 2.05) is 39.0 Å². The summed E-state index contributed by atoms with van der Waals surface area (Å²) in [4.78, 5) is 23.9. The standard InChI is InChI=1S/C16H21N3O2/c1-4-12(3)18-15(20)7-8-16(21)19-14-6-5-11(2)9-13(14)10-17-19/h5-6,9-10,12H,4,7-8H2,1-3H3,(H,18,20). The number of fused-ring (bicyclic) bond motifs is 1. The molecule has 0 saturated heterocycles. The topological polar surface area (TPSA) is 64.0 Å². The second kappa shape index (κ2) is 6.52. The number of benzene rings is 1. The lowest BCUT2D eigenvalue weighted by Crippen LogP contribution is -2.32. The Morgan fingerprint density at radius 1 is 1.33 bits per heavy atom. The van der Waals surface area contributed by atoms with Crippen molar-refractivity contribution in [1.82, 2.24) is 15.1 Å². The van der Waals surface area contributed by atoms with E-state index in [0.29, 0.717) is 0 Å². The molecule has 0 radical (unpaired) electrons. The van der Waals surface area contributed by atoms with Crippen LogP contribution in [0.25, 0.3) is 10.9 Å². The van der Waals surface area contributed by atoms with Gasteiger partial charge in [-0.3, -0.25) is 9.59 Å². The summed E-state index contributed by atoms with van der Waals surface area (Å²) in [6.07, 6.45) is 2.91. The summed E-state index contributed by atoms with van der Waals surface area (Å²) in [5, 5.41) is 7.92. The summed E-state index contributed by atoms with van der Waals surface area (Å²) in [5.41, 5.74) is 1.91. The summed E-state index contributed by atoms with van der Waals surface area (Å²) >= 11 is 0. The molecule has 0 saturated carbocycles. The maximum absolute atomic E-state index is 12.2. The molecule has 0 aliphatic rings. The summed E-state index contributed by atoms with van der Waals surface area (Å²) in [6, 6.07) is 5.96. The molecule has 0 spiro atoms. The molecule has 5 heteroatoms. The van der Waals surface area contributed by atoms with Gasteiger partial charge >= 0.3 is 0 Å². The monoisotopic (exact) mass is 287 g/mol. The van der Waals surface area contributed by atoms with Crippen molar-refractivity contribution in [2.24, 2.45) is 0 Å². The molecular weight excluding hydrogens is 266 g/mol. The van der Waals surface area contributed by atoms with E-state index >= 15 is 0 Å². The highest BCUT2D eigenvalue weighted by molar-refractivity contribution is 5.92. The molecule has 1 unspecified atom stereocenters. The van der Waals surface area contributed by atoms with Crippen molar-refractivity contribution < 1.29 is 9.59 Å². The quantitative estimate of drug-likeness (QED) is 0.919. The van der Waals surface area contributed by atoms with Gasteiger partial charge in [0.05, 0.1) is 11.7 Å². The molecule has 0 bridgehead atoms. The first-order chi connectivity index (χ1) is 10.0. The fraction of sp³-hybridized carbons (Fsp3) is 0.438. The first kappa shape index (κ1) is 15.2. The fourth-order valence-electron chi connectivity index (χ4n) is 2.13. The number of rotatable bonds is 5. The van der Waals surface area contributed by atoms with Crippen molar-refractivity contribution in [3.63, 3.8) is 0 Å². The largest absolute Gasteiger partial charge is 0.354 e. The van der Waals surface area contributed by atoms with Gasteiger partial charge in [-0.15, -0.1) is 0 Å². The van der Waals surface area contributed by atoms with Gasteiger partial charge in [0.15, 0.2) is 0 Å². The van der Waals surface area contributed by atoms with Gasteiger partial charge in [0.1, 0.15) is 0 Å². The zero-order valence-corrected chi connectivity index (χ0v) is 12.7. The molecule has 112 valence electrons. The van der Waals surface area contributed by atoms with Crippen molar-refractivity contribution >= 4 is 22.7 Å². The third kappa shape index (κ3) is 3.68. The number of hydrogen-bond acceptors (Lipinski definition) is 3. The summed E-state index contributed by atoms with van der Waals surface area (Å²) < 4.78 is 1.38. The van der Waals surface area contributed by atoms with E-state index in [4.69, 9.17) is 0 Å². The smallest absolute Gasteiger partial charge is 0.247 e.